The van der Waals surface area contributed by atoms with Crippen LogP contribution in [0.4, 0.5) is 0 Å². The molecule has 31 heavy (non-hydrogen) atoms. The average molecular weight is 439 g/mol. The molecule has 0 aliphatic heterocycles. The van der Waals surface area contributed by atoms with Crippen molar-refractivity contribution >= 4 is 12.6 Å². The van der Waals surface area contributed by atoms with Gasteiger partial charge in [0.05, 0.1) is 19.8 Å². The lowest BCUT2D eigenvalue weighted by Gasteiger charge is -2.32. The zero-order valence-corrected chi connectivity index (χ0v) is 20.1. The fraction of sp³-hybridized carbons (Fsp3) is 0.333. The fourth-order valence-electron chi connectivity index (χ4n) is 3.65. The molecule has 0 atom stereocenters. The van der Waals surface area contributed by atoms with E-state index in [9.17, 15) is 0 Å². The number of thiol groups is 1. The first kappa shape index (κ1) is 24.7. The van der Waals surface area contributed by atoms with Gasteiger partial charge in [0.25, 0.3) is 0 Å². The Morgan fingerprint density at radius 3 is 0.935 bits per heavy atom. The summed E-state index contributed by atoms with van der Waals surface area (Å²) in [5, 5.41) is 0. The number of ether oxygens (including phenoxy) is 3. The summed E-state index contributed by atoms with van der Waals surface area (Å²) in [7, 11) is 0. The van der Waals surface area contributed by atoms with Gasteiger partial charge in [0.1, 0.15) is 17.2 Å². The molecule has 0 bridgehead atoms. The van der Waals surface area contributed by atoms with Gasteiger partial charge in [-0.1, -0.05) is 36.4 Å². The molecule has 3 rings (SSSR count). The molecule has 3 aromatic rings. The van der Waals surface area contributed by atoms with Crippen LogP contribution in [-0.4, -0.2) is 26.1 Å². The Balaban J connectivity index is 0.00000166. The van der Waals surface area contributed by atoms with Crippen molar-refractivity contribution in [2.24, 2.45) is 0 Å². The molecule has 0 spiro atoms. The summed E-state index contributed by atoms with van der Waals surface area (Å²) in [6, 6.07) is 25.2. The highest BCUT2D eigenvalue weighted by Crippen LogP contribution is 2.40. The second-order valence-corrected chi connectivity index (χ2v) is 7.00. The Bertz CT molecular complexity index is 767. The summed E-state index contributed by atoms with van der Waals surface area (Å²) < 4.78 is 16.9. The minimum absolute atomic E-state index is 0.319. The summed E-state index contributed by atoms with van der Waals surface area (Å²) in [5.74, 6) is 2.66. The van der Waals surface area contributed by atoms with Crippen molar-refractivity contribution in [3.8, 4) is 17.2 Å². The molecule has 0 aromatic heterocycles. The highest BCUT2D eigenvalue weighted by Gasteiger charge is 2.31. The SMILES string of the molecule is CCOc1ccc(C(C)(c2ccc(OCC)cc2)c2ccc(OCC)cc2)cc1.CS. The van der Waals surface area contributed by atoms with Crippen LogP contribution in [0.5, 0.6) is 17.2 Å². The van der Waals surface area contributed by atoms with Crippen LogP contribution in [0.25, 0.3) is 0 Å². The Morgan fingerprint density at radius 1 is 0.516 bits per heavy atom. The maximum absolute atomic E-state index is 5.64. The largest absolute Gasteiger partial charge is 0.494 e. The van der Waals surface area contributed by atoms with E-state index < -0.39 is 0 Å². The van der Waals surface area contributed by atoms with Crippen LogP contribution in [0.1, 0.15) is 44.4 Å². The van der Waals surface area contributed by atoms with Crippen molar-refractivity contribution in [1.29, 1.82) is 0 Å². The van der Waals surface area contributed by atoms with Gasteiger partial charge in [-0.3, -0.25) is 0 Å². The minimum Gasteiger partial charge on any atom is -0.494 e. The maximum atomic E-state index is 5.64. The van der Waals surface area contributed by atoms with Crippen LogP contribution >= 0.6 is 12.6 Å². The van der Waals surface area contributed by atoms with E-state index in [1.807, 2.05) is 57.2 Å². The van der Waals surface area contributed by atoms with Crippen molar-refractivity contribution in [3.63, 3.8) is 0 Å². The lowest BCUT2D eigenvalue weighted by Crippen LogP contribution is -2.25. The van der Waals surface area contributed by atoms with E-state index in [1.54, 1.807) is 6.26 Å². The minimum atomic E-state index is -0.319. The standard InChI is InChI=1S/C26H30O3.CH4S/c1-5-27-23-14-8-20(9-15-23)26(4,21-10-16-24(17-11-21)28-6-2)22-12-18-25(19-13-22)29-7-3;1-2/h8-19H,5-7H2,1-4H3;2H,1H3. The van der Waals surface area contributed by atoms with E-state index in [2.05, 4.69) is 56.0 Å². The van der Waals surface area contributed by atoms with E-state index in [-0.39, 0.29) is 5.41 Å². The van der Waals surface area contributed by atoms with Crippen LogP contribution < -0.4 is 14.2 Å². The van der Waals surface area contributed by atoms with Crippen LogP contribution in [-0.2, 0) is 5.41 Å². The van der Waals surface area contributed by atoms with E-state index in [1.165, 1.54) is 16.7 Å². The summed E-state index contributed by atoms with van der Waals surface area (Å²) in [4.78, 5) is 0. The van der Waals surface area contributed by atoms with Gasteiger partial charge < -0.3 is 14.2 Å². The summed E-state index contributed by atoms with van der Waals surface area (Å²) in [6.45, 7) is 10.2. The number of hydrogen-bond donors (Lipinski definition) is 1. The Labute approximate surface area is 192 Å². The molecule has 0 fully saturated rings. The molecule has 0 aliphatic rings. The van der Waals surface area contributed by atoms with Crippen LogP contribution in [0.3, 0.4) is 0 Å². The molecular formula is C27H34O3S. The van der Waals surface area contributed by atoms with Gasteiger partial charge in [-0.2, -0.15) is 12.6 Å². The summed E-state index contributed by atoms with van der Waals surface area (Å²) in [6.07, 6.45) is 1.69. The predicted molar refractivity (Wildman–Crippen MR) is 133 cm³/mol. The third-order valence-electron chi connectivity index (χ3n) is 5.23. The first-order chi connectivity index (χ1) is 15.1. The molecule has 0 unspecified atom stereocenters. The topological polar surface area (TPSA) is 27.7 Å². The quantitative estimate of drug-likeness (QED) is 0.295. The van der Waals surface area contributed by atoms with Gasteiger partial charge in [0.2, 0.25) is 0 Å². The van der Waals surface area contributed by atoms with Gasteiger partial charge in [0.15, 0.2) is 0 Å². The normalized spacial score (nSPS) is 10.6. The zero-order chi connectivity index (χ0) is 22.7. The molecule has 0 amide bonds. The Hall–Kier alpha value is -2.59. The molecule has 3 aromatic carbocycles. The molecule has 3 nitrogen and oxygen atoms in total. The average Bonchev–Trinajstić information content (AvgIpc) is 2.82. The number of benzene rings is 3. The van der Waals surface area contributed by atoms with Crippen LogP contribution in [0, 0.1) is 0 Å². The maximum Gasteiger partial charge on any atom is 0.119 e. The van der Waals surface area contributed by atoms with Crippen molar-refractivity contribution in [3.05, 3.63) is 89.5 Å². The monoisotopic (exact) mass is 438 g/mol. The van der Waals surface area contributed by atoms with Gasteiger partial charge in [0, 0.05) is 5.41 Å². The van der Waals surface area contributed by atoms with E-state index in [4.69, 9.17) is 14.2 Å². The third kappa shape index (κ3) is 5.98. The van der Waals surface area contributed by atoms with E-state index >= 15 is 0 Å². The first-order valence-corrected chi connectivity index (χ1v) is 11.7. The smallest absolute Gasteiger partial charge is 0.119 e. The van der Waals surface area contributed by atoms with E-state index in [0.29, 0.717) is 19.8 Å². The molecule has 4 heteroatoms. The zero-order valence-electron chi connectivity index (χ0n) is 19.2. The summed E-state index contributed by atoms with van der Waals surface area (Å²) >= 11 is 3.53. The molecule has 0 saturated heterocycles. The molecule has 0 saturated carbocycles. The first-order valence-electron chi connectivity index (χ1n) is 10.8. The second-order valence-electron chi connectivity index (χ2n) is 7.00. The molecular weight excluding hydrogens is 404 g/mol. The molecule has 0 N–H and O–H groups in total. The number of hydrogen-bond acceptors (Lipinski definition) is 4. The van der Waals surface area contributed by atoms with Crippen molar-refractivity contribution < 1.29 is 14.2 Å². The fourth-order valence-corrected chi connectivity index (χ4v) is 3.65. The number of rotatable bonds is 9. The lowest BCUT2D eigenvalue weighted by molar-refractivity contribution is 0.340. The third-order valence-corrected chi connectivity index (χ3v) is 5.23. The second kappa shape index (κ2) is 12.3. The van der Waals surface area contributed by atoms with E-state index in [0.717, 1.165) is 17.2 Å². The molecule has 0 radical (unpaired) electrons. The van der Waals surface area contributed by atoms with Gasteiger partial charge in [-0.25, -0.2) is 0 Å². The van der Waals surface area contributed by atoms with Gasteiger partial charge in [-0.15, -0.1) is 0 Å². The Morgan fingerprint density at radius 2 is 0.742 bits per heavy atom. The highest BCUT2D eigenvalue weighted by molar-refractivity contribution is 7.79. The van der Waals surface area contributed by atoms with Crippen molar-refractivity contribution in [1.82, 2.24) is 0 Å². The van der Waals surface area contributed by atoms with Gasteiger partial charge >= 0.3 is 0 Å². The van der Waals surface area contributed by atoms with Crippen molar-refractivity contribution in [2.75, 3.05) is 26.1 Å². The summed E-state index contributed by atoms with van der Waals surface area (Å²) in [5.41, 5.74) is 3.29. The predicted octanol–water partition coefficient (Wildman–Crippen LogP) is 6.78. The van der Waals surface area contributed by atoms with Crippen LogP contribution in [0.2, 0.25) is 0 Å². The lowest BCUT2D eigenvalue weighted by atomic mass is 9.71. The van der Waals surface area contributed by atoms with Crippen molar-refractivity contribution in [2.45, 2.75) is 33.1 Å². The molecule has 166 valence electrons. The van der Waals surface area contributed by atoms with Gasteiger partial charge in [-0.05, 0) is 87.0 Å². The Kier molecular flexibility index (Phi) is 9.80. The molecule has 0 aliphatic carbocycles. The highest BCUT2D eigenvalue weighted by atomic mass is 32.1. The van der Waals surface area contributed by atoms with Crippen LogP contribution in [0.15, 0.2) is 72.8 Å². The molecule has 0 heterocycles.